The van der Waals surface area contributed by atoms with E-state index in [9.17, 15) is 4.79 Å². The van der Waals surface area contributed by atoms with E-state index in [4.69, 9.17) is 4.74 Å². The van der Waals surface area contributed by atoms with E-state index in [0.717, 1.165) is 23.5 Å². The number of carbonyl (C=O) groups excluding carboxylic acids is 1. The number of methoxy groups -OCH3 is 1. The topological polar surface area (TPSA) is 50.4 Å². The molecule has 1 aliphatic carbocycles. The number of anilines is 1. The van der Waals surface area contributed by atoms with Gasteiger partial charge in [0.25, 0.3) is 0 Å². The molecule has 1 amide bonds. The summed E-state index contributed by atoms with van der Waals surface area (Å²) in [6, 6.07) is 17.0. The van der Waals surface area contributed by atoms with E-state index in [-0.39, 0.29) is 11.9 Å². The van der Waals surface area contributed by atoms with E-state index in [0.29, 0.717) is 5.92 Å². The van der Waals surface area contributed by atoms with Crippen molar-refractivity contribution in [2.24, 2.45) is 5.92 Å². The zero-order valence-corrected chi connectivity index (χ0v) is 15.4. The van der Waals surface area contributed by atoms with Crippen molar-refractivity contribution >= 4 is 11.6 Å². The average molecular weight is 352 g/mol. The van der Waals surface area contributed by atoms with Gasteiger partial charge in [0, 0.05) is 11.8 Å². The maximum atomic E-state index is 13.0. The molecule has 1 atom stereocenters. The van der Waals surface area contributed by atoms with Gasteiger partial charge in [-0.15, -0.1) is 0 Å². The van der Waals surface area contributed by atoms with Gasteiger partial charge in [-0.05, 0) is 43.0 Å². The van der Waals surface area contributed by atoms with Crippen LogP contribution in [0.25, 0.3) is 0 Å². The van der Waals surface area contributed by atoms with Crippen molar-refractivity contribution in [2.75, 3.05) is 19.0 Å². The summed E-state index contributed by atoms with van der Waals surface area (Å²) in [4.78, 5) is 13.0. The molecule has 3 rings (SSSR count). The normalized spacial score (nSPS) is 16.0. The minimum atomic E-state index is -0.357. The van der Waals surface area contributed by atoms with Crippen LogP contribution in [0.15, 0.2) is 54.6 Å². The van der Waals surface area contributed by atoms with Gasteiger partial charge in [-0.2, -0.15) is 0 Å². The maximum absolute atomic E-state index is 13.0. The van der Waals surface area contributed by atoms with Crippen LogP contribution in [0, 0.1) is 5.92 Å². The Kier molecular flexibility index (Phi) is 6.67. The van der Waals surface area contributed by atoms with Crippen LogP contribution in [-0.2, 0) is 4.79 Å². The van der Waals surface area contributed by atoms with Crippen molar-refractivity contribution in [3.63, 3.8) is 0 Å². The number of carbonyl (C=O) groups is 1. The highest BCUT2D eigenvalue weighted by atomic mass is 16.5. The van der Waals surface area contributed by atoms with E-state index in [1.54, 1.807) is 7.11 Å². The molecule has 4 nitrogen and oxygen atoms in total. The number of nitrogens with one attached hydrogen (secondary N) is 2. The summed E-state index contributed by atoms with van der Waals surface area (Å²) in [6.45, 7) is 0.880. The van der Waals surface area contributed by atoms with Crippen molar-refractivity contribution in [3.05, 3.63) is 60.2 Å². The fourth-order valence-corrected chi connectivity index (χ4v) is 3.60. The first kappa shape index (κ1) is 18.5. The SMILES string of the molecule is COc1cccc(NC(=O)[C@H](NCC2CCCCC2)c2ccccc2)c1. The van der Waals surface area contributed by atoms with Crippen molar-refractivity contribution in [1.82, 2.24) is 5.32 Å². The largest absolute Gasteiger partial charge is 0.497 e. The quantitative estimate of drug-likeness (QED) is 0.769. The van der Waals surface area contributed by atoms with Crippen LogP contribution in [0.5, 0.6) is 5.75 Å². The minimum absolute atomic E-state index is 0.0414. The Morgan fingerprint density at radius 3 is 2.58 bits per heavy atom. The Morgan fingerprint density at radius 1 is 1.08 bits per heavy atom. The molecule has 0 heterocycles. The van der Waals surface area contributed by atoms with Crippen LogP contribution in [-0.4, -0.2) is 19.6 Å². The molecule has 2 N–H and O–H groups in total. The van der Waals surface area contributed by atoms with Crippen molar-refractivity contribution < 1.29 is 9.53 Å². The third-order valence-corrected chi connectivity index (χ3v) is 5.07. The lowest BCUT2D eigenvalue weighted by Gasteiger charge is -2.25. The summed E-state index contributed by atoms with van der Waals surface area (Å²) in [6.07, 6.45) is 6.46. The molecule has 1 fully saturated rings. The first-order valence-corrected chi connectivity index (χ1v) is 9.49. The Morgan fingerprint density at radius 2 is 1.85 bits per heavy atom. The third-order valence-electron chi connectivity index (χ3n) is 5.07. The van der Waals surface area contributed by atoms with E-state index in [2.05, 4.69) is 10.6 Å². The Hall–Kier alpha value is -2.33. The summed E-state index contributed by atoms with van der Waals surface area (Å²) in [5.41, 5.74) is 1.73. The second-order valence-electron chi connectivity index (χ2n) is 6.98. The van der Waals surface area contributed by atoms with E-state index >= 15 is 0 Å². The molecule has 4 heteroatoms. The third kappa shape index (κ3) is 5.09. The van der Waals surface area contributed by atoms with E-state index in [1.807, 2.05) is 54.6 Å². The molecule has 0 radical (unpaired) electrons. The van der Waals surface area contributed by atoms with Crippen LogP contribution in [0.1, 0.15) is 43.7 Å². The molecule has 138 valence electrons. The number of benzene rings is 2. The summed E-state index contributed by atoms with van der Waals surface area (Å²) in [7, 11) is 1.62. The number of ether oxygens (including phenoxy) is 1. The van der Waals surface area contributed by atoms with Gasteiger partial charge in [0.2, 0.25) is 5.91 Å². The van der Waals surface area contributed by atoms with Crippen LogP contribution < -0.4 is 15.4 Å². The standard InChI is InChI=1S/C22H28N2O2/c1-26-20-14-8-13-19(15-20)24-22(25)21(18-11-6-3-7-12-18)23-16-17-9-4-2-5-10-17/h3,6-8,11-15,17,21,23H,2,4-5,9-10,16H2,1H3,(H,24,25)/t21-/m1/s1. The van der Waals surface area contributed by atoms with Gasteiger partial charge < -0.3 is 15.4 Å². The predicted molar refractivity (Wildman–Crippen MR) is 105 cm³/mol. The first-order valence-electron chi connectivity index (χ1n) is 9.49. The maximum Gasteiger partial charge on any atom is 0.246 e. The molecular weight excluding hydrogens is 324 g/mol. The second kappa shape index (κ2) is 9.39. The smallest absolute Gasteiger partial charge is 0.246 e. The zero-order valence-electron chi connectivity index (χ0n) is 15.4. The molecule has 1 aliphatic rings. The fourth-order valence-electron chi connectivity index (χ4n) is 3.60. The van der Waals surface area contributed by atoms with Crippen LogP contribution in [0.4, 0.5) is 5.69 Å². The van der Waals surface area contributed by atoms with Gasteiger partial charge >= 0.3 is 0 Å². The monoisotopic (exact) mass is 352 g/mol. The van der Waals surface area contributed by atoms with Crippen LogP contribution in [0.3, 0.4) is 0 Å². The molecule has 0 saturated heterocycles. The molecule has 1 saturated carbocycles. The van der Waals surface area contributed by atoms with Gasteiger partial charge in [0.15, 0.2) is 0 Å². The lowest BCUT2D eigenvalue weighted by molar-refractivity contribution is -0.118. The highest BCUT2D eigenvalue weighted by molar-refractivity contribution is 5.95. The van der Waals surface area contributed by atoms with Crippen LogP contribution in [0.2, 0.25) is 0 Å². The first-order chi connectivity index (χ1) is 12.8. The van der Waals surface area contributed by atoms with E-state index < -0.39 is 0 Å². The molecule has 2 aromatic rings. The van der Waals surface area contributed by atoms with Gasteiger partial charge in [-0.3, -0.25) is 4.79 Å². The van der Waals surface area contributed by atoms with Crippen molar-refractivity contribution in [3.8, 4) is 5.75 Å². The molecule has 0 spiro atoms. The fraction of sp³-hybridized carbons (Fsp3) is 0.409. The number of rotatable bonds is 7. The predicted octanol–water partition coefficient (Wildman–Crippen LogP) is 4.54. The lowest BCUT2D eigenvalue weighted by atomic mass is 9.89. The molecule has 0 unspecified atom stereocenters. The Bertz CT molecular complexity index is 696. The highest BCUT2D eigenvalue weighted by Gasteiger charge is 2.22. The molecule has 2 aromatic carbocycles. The van der Waals surface area contributed by atoms with Gasteiger partial charge in [-0.25, -0.2) is 0 Å². The molecular formula is C22H28N2O2. The number of hydrogen-bond donors (Lipinski definition) is 2. The van der Waals surface area contributed by atoms with Crippen LogP contribution >= 0.6 is 0 Å². The average Bonchev–Trinajstić information content (AvgIpc) is 2.70. The Balaban J connectivity index is 1.70. The Labute approximate surface area is 156 Å². The number of amides is 1. The summed E-state index contributed by atoms with van der Waals surface area (Å²) < 4.78 is 5.24. The van der Waals surface area contributed by atoms with Crippen molar-refractivity contribution in [2.45, 2.75) is 38.1 Å². The minimum Gasteiger partial charge on any atom is -0.497 e. The van der Waals surface area contributed by atoms with Crippen molar-refractivity contribution in [1.29, 1.82) is 0 Å². The second-order valence-corrected chi connectivity index (χ2v) is 6.98. The van der Waals surface area contributed by atoms with E-state index in [1.165, 1.54) is 32.1 Å². The molecule has 26 heavy (non-hydrogen) atoms. The summed E-state index contributed by atoms with van der Waals surface area (Å²) >= 11 is 0. The van der Waals surface area contributed by atoms with Gasteiger partial charge in [0.1, 0.15) is 11.8 Å². The highest BCUT2D eigenvalue weighted by Crippen LogP contribution is 2.25. The molecule has 0 bridgehead atoms. The zero-order chi connectivity index (χ0) is 18.2. The molecule has 0 aliphatic heterocycles. The van der Waals surface area contributed by atoms with Gasteiger partial charge in [0.05, 0.1) is 7.11 Å². The summed E-state index contributed by atoms with van der Waals surface area (Å²) in [5.74, 6) is 1.36. The lowest BCUT2D eigenvalue weighted by Crippen LogP contribution is -2.36. The number of hydrogen-bond acceptors (Lipinski definition) is 3. The molecule has 0 aromatic heterocycles. The van der Waals surface area contributed by atoms with Gasteiger partial charge in [-0.1, -0.05) is 55.7 Å². The summed E-state index contributed by atoms with van der Waals surface area (Å²) in [5, 5.41) is 6.53.